The van der Waals surface area contributed by atoms with E-state index >= 15 is 0 Å². The fourth-order valence-electron chi connectivity index (χ4n) is 9.94. The van der Waals surface area contributed by atoms with E-state index in [1.54, 1.807) is 30.3 Å². The van der Waals surface area contributed by atoms with Gasteiger partial charge in [0.05, 0.1) is 22.3 Å². The van der Waals surface area contributed by atoms with Crippen LogP contribution >= 0.6 is 22.6 Å². The quantitative estimate of drug-likeness (QED) is 0.181. The minimum absolute atomic E-state index is 0.0664. The number of hydrogen-bond donors (Lipinski definition) is 0. The first-order valence-electron chi connectivity index (χ1n) is 15.0. The summed E-state index contributed by atoms with van der Waals surface area (Å²) in [7, 11) is -4.74. The third-order valence-corrected chi connectivity index (χ3v) is 12.8. The second-order valence-corrected chi connectivity index (χ2v) is 16.0. The SMILES string of the molecule is O=C(OC1C2CC3C1OC(=O)C3C2C(=O)Oc1ccc(S(=O)(=O)[O-])c(C2C3CC4CC(C3)CC2C4)c1)c1ccc(I)cc1. The van der Waals surface area contributed by atoms with E-state index < -0.39 is 58.0 Å². The van der Waals surface area contributed by atoms with Crippen LogP contribution in [0.15, 0.2) is 47.4 Å². The van der Waals surface area contributed by atoms with E-state index in [1.165, 1.54) is 18.6 Å². The molecule has 0 N–H and O–H groups in total. The Bertz CT molecular complexity index is 1610. The van der Waals surface area contributed by atoms with Crippen molar-refractivity contribution >= 4 is 50.6 Å². The number of rotatable bonds is 6. The first-order chi connectivity index (χ1) is 20.5. The Labute approximate surface area is 262 Å². The maximum absolute atomic E-state index is 13.7. The lowest BCUT2D eigenvalue weighted by atomic mass is 9.51. The second-order valence-electron chi connectivity index (χ2n) is 13.4. The number of carbonyl (C=O) groups is 3. The fraction of sp³-hybridized carbons (Fsp3) is 0.531. The average molecular weight is 718 g/mol. The van der Waals surface area contributed by atoms with Gasteiger partial charge in [-0.05, 0) is 139 Å². The molecule has 0 spiro atoms. The molecule has 7 aliphatic rings. The molecule has 6 bridgehead atoms. The van der Waals surface area contributed by atoms with Crippen LogP contribution in [0.4, 0.5) is 0 Å². The van der Waals surface area contributed by atoms with E-state index in [0.29, 0.717) is 41.2 Å². The number of hydrogen-bond acceptors (Lipinski definition) is 9. The molecular formula is C32H30IO9S-. The van der Waals surface area contributed by atoms with Gasteiger partial charge in [-0.15, -0.1) is 0 Å². The fourth-order valence-corrected chi connectivity index (χ4v) is 11.0. The Morgan fingerprint density at radius 3 is 2.21 bits per heavy atom. The summed E-state index contributed by atoms with van der Waals surface area (Å²) in [6, 6.07) is 11.1. The van der Waals surface area contributed by atoms with Crippen molar-refractivity contribution in [3.05, 3.63) is 57.2 Å². The number of halogens is 1. The van der Waals surface area contributed by atoms with E-state index in [-0.39, 0.29) is 22.5 Å². The molecule has 6 saturated carbocycles. The van der Waals surface area contributed by atoms with Gasteiger partial charge >= 0.3 is 17.9 Å². The van der Waals surface area contributed by atoms with Crippen molar-refractivity contribution in [2.45, 2.75) is 61.5 Å². The van der Waals surface area contributed by atoms with Crippen molar-refractivity contribution in [2.75, 3.05) is 0 Å². The molecule has 2 aromatic carbocycles. The molecule has 7 fully saturated rings. The van der Waals surface area contributed by atoms with Crippen LogP contribution in [-0.4, -0.2) is 43.1 Å². The number of carbonyl (C=O) groups excluding carboxylic acids is 3. The highest BCUT2D eigenvalue weighted by Gasteiger charge is 2.70. The molecule has 6 aliphatic carbocycles. The van der Waals surface area contributed by atoms with Crippen LogP contribution in [0.1, 0.15) is 60.4 Å². The molecule has 9 rings (SSSR count). The normalized spacial score (nSPS) is 38.3. The Morgan fingerprint density at radius 2 is 1.56 bits per heavy atom. The van der Waals surface area contributed by atoms with Crippen molar-refractivity contribution in [3.63, 3.8) is 0 Å². The molecule has 43 heavy (non-hydrogen) atoms. The van der Waals surface area contributed by atoms with Crippen molar-refractivity contribution in [1.82, 2.24) is 0 Å². The van der Waals surface area contributed by atoms with Crippen LogP contribution in [0.2, 0.25) is 0 Å². The molecule has 2 aromatic rings. The van der Waals surface area contributed by atoms with Crippen LogP contribution in [0.5, 0.6) is 5.75 Å². The van der Waals surface area contributed by atoms with Gasteiger partial charge in [0.25, 0.3) is 0 Å². The van der Waals surface area contributed by atoms with E-state index in [2.05, 4.69) is 22.6 Å². The van der Waals surface area contributed by atoms with Crippen molar-refractivity contribution < 1.29 is 41.6 Å². The van der Waals surface area contributed by atoms with Gasteiger partial charge in [0, 0.05) is 15.4 Å². The highest BCUT2D eigenvalue weighted by atomic mass is 127. The maximum Gasteiger partial charge on any atom is 0.338 e. The summed E-state index contributed by atoms with van der Waals surface area (Å²) in [5, 5.41) is 0. The summed E-state index contributed by atoms with van der Waals surface area (Å²) in [5.74, 6) is -1.90. The van der Waals surface area contributed by atoms with Gasteiger partial charge in [0.15, 0.2) is 0 Å². The molecule has 1 aliphatic heterocycles. The van der Waals surface area contributed by atoms with Crippen molar-refractivity contribution in [3.8, 4) is 5.75 Å². The minimum atomic E-state index is -4.74. The number of fused-ring (bicyclic) bond motifs is 1. The second kappa shape index (κ2) is 10.00. The smallest absolute Gasteiger partial charge is 0.338 e. The molecular weight excluding hydrogens is 687 g/mol. The molecule has 9 nitrogen and oxygen atoms in total. The van der Waals surface area contributed by atoms with Crippen molar-refractivity contribution in [1.29, 1.82) is 0 Å². The highest BCUT2D eigenvalue weighted by molar-refractivity contribution is 14.1. The standard InChI is InChI=1S/C32H31IO9S/c33-19-3-1-16(2-4-19)30(34)41-28-22-13-23-27(32(36)42-29(23)28)26(22)31(35)40-20-5-6-24(43(37,38)39)21(12-20)25-17-8-14-7-15(10-17)11-18(25)9-14/h1-6,12,14-15,17-18,22-23,25-29H,7-11,13H2,(H,37,38,39)/p-1. The molecule has 226 valence electrons. The molecule has 0 amide bonds. The summed E-state index contributed by atoms with van der Waals surface area (Å²) in [6.45, 7) is 0. The lowest BCUT2D eigenvalue weighted by molar-refractivity contribution is -0.149. The van der Waals surface area contributed by atoms with Gasteiger partial charge in [0.2, 0.25) is 0 Å². The Hall–Kier alpha value is -2.51. The molecule has 11 heteroatoms. The topological polar surface area (TPSA) is 136 Å². The van der Waals surface area contributed by atoms with Crippen LogP contribution in [0.3, 0.4) is 0 Å². The predicted octanol–water partition coefficient (Wildman–Crippen LogP) is 4.67. The highest BCUT2D eigenvalue weighted by Crippen LogP contribution is 2.61. The zero-order valence-corrected chi connectivity index (χ0v) is 26.1. The summed E-state index contributed by atoms with van der Waals surface area (Å²) in [6.07, 6.45) is 4.48. The van der Waals surface area contributed by atoms with Crippen LogP contribution in [-0.2, 0) is 29.2 Å². The van der Waals surface area contributed by atoms with Gasteiger partial charge in [-0.25, -0.2) is 13.2 Å². The van der Waals surface area contributed by atoms with Gasteiger partial charge in [-0.3, -0.25) is 9.59 Å². The van der Waals surface area contributed by atoms with Crippen molar-refractivity contribution in [2.24, 2.45) is 47.3 Å². The van der Waals surface area contributed by atoms with Crippen LogP contribution in [0.25, 0.3) is 0 Å². The summed E-state index contributed by atoms with van der Waals surface area (Å²) in [4.78, 5) is 39.3. The minimum Gasteiger partial charge on any atom is -0.744 e. The predicted molar refractivity (Wildman–Crippen MR) is 157 cm³/mol. The van der Waals surface area contributed by atoms with Gasteiger partial charge < -0.3 is 18.8 Å². The van der Waals surface area contributed by atoms with E-state index in [1.807, 2.05) is 0 Å². The molecule has 0 radical (unpaired) electrons. The Morgan fingerprint density at radius 1 is 0.884 bits per heavy atom. The van der Waals surface area contributed by atoms with Crippen LogP contribution in [0, 0.1) is 50.9 Å². The summed E-state index contributed by atoms with van der Waals surface area (Å²) >= 11 is 2.14. The molecule has 1 saturated heterocycles. The van der Waals surface area contributed by atoms with Crippen LogP contribution < -0.4 is 4.74 Å². The van der Waals surface area contributed by atoms with E-state index in [9.17, 15) is 27.4 Å². The first kappa shape index (κ1) is 28.0. The molecule has 0 aromatic heterocycles. The third kappa shape index (κ3) is 4.55. The lowest BCUT2D eigenvalue weighted by Crippen LogP contribution is -2.44. The zero-order chi connectivity index (χ0) is 29.8. The van der Waals surface area contributed by atoms with E-state index in [4.69, 9.17) is 14.2 Å². The summed E-state index contributed by atoms with van der Waals surface area (Å²) < 4.78 is 55.3. The molecule has 1 heterocycles. The largest absolute Gasteiger partial charge is 0.744 e. The number of benzene rings is 2. The molecule has 6 atom stereocenters. The maximum atomic E-state index is 13.7. The zero-order valence-electron chi connectivity index (χ0n) is 23.1. The molecule has 6 unspecified atom stereocenters. The summed E-state index contributed by atoms with van der Waals surface area (Å²) in [5.41, 5.74) is 0.820. The Balaban J connectivity index is 1.06. The Kier molecular flexibility index (Phi) is 6.51. The lowest BCUT2D eigenvalue weighted by Gasteiger charge is -2.55. The average Bonchev–Trinajstić information content (AvgIpc) is 3.56. The van der Waals surface area contributed by atoms with Gasteiger partial charge in [-0.2, -0.15) is 0 Å². The van der Waals surface area contributed by atoms with E-state index in [0.717, 1.165) is 29.3 Å². The third-order valence-electron chi connectivity index (χ3n) is 11.2. The number of esters is 3. The first-order valence-corrected chi connectivity index (χ1v) is 17.5. The monoisotopic (exact) mass is 717 g/mol. The van der Waals surface area contributed by atoms with Gasteiger partial charge in [0.1, 0.15) is 28.1 Å². The number of ether oxygens (including phenoxy) is 3. The van der Waals surface area contributed by atoms with Gasteiger partial charge in [-0.1, -0.05) is 0 Å².